The summed E-state index contributed by atoms with van der Waals surface area (Å²) in [6.45, 7) is 9.10. The van der Waals surface area contributed by atoms with E-state index in [1.165, 1.54) is 11.6 Å². The second-order valence-electron chi connectivity index (χ2n) is 11.3. The zero-order valence-electron chi connectivity index (χ0n) is 21.8. The molecule has 5 rings (SSSR count). The molecule has 0 bridgehead atoms. The maximum atomic E-state index is 13.8. The summed E-state index contributed by atoms with van der Waals surface area (Å²) in [4.78, 5) is 17.2. The maximum Gasteiger partial charge on any atom is 0.309 e. The lowest BCUT2D eigenvalue weighted by Crippen LogP contribution is -2.49. The number of amides is 1. The molecular weight excluding hydrogens is 475 g/mol. The van der Waals surface area contributed by atoms with E-state index in [4.69, 9.17) is 4.65 Å². The van der Waals surface area contributed by atoms with Crippen LogP contribution in [0.15, 0.2) is 54.4 Å². The molecule has 0 unspecified atom stereocenters. The van der Waals surface area contributed by atoms with Crippen molar-refractivity contribution in [1.82, 2.24) is 9.55 Å². The van der Waals surface area contributed by atoms with Crippen molar-refractivity contribution in [3.8, 4) is 0 Å². The normalized spacial score (nSPS) is 21.9. The van der Waals surface area contributed by atoms with Crippen LogP contribution in [-0.2, 0) is 9.45 Å². The Morgan fingerprint density at radius 2 is 1.86 bits per heavy atom. The van der Waals surface area contributed by atoms with Gasteiger partial charge < -0.3 is 19.6 Å². The molecule has 0 radical (unpaired) electrons. The number of nitrogens with one attached hydrogen (secondary N) is 1. The van der Waals surface area contributed by atoms with Gasteiger partial charge in [-0.25, -0.2) is 13.8 Å². The van der Waals surface area contributed by atoms with Gasteiger partial charge in [-0.3, -0.25) is 4.79 Å². The number of hydrogen-bond donors (Lipinski definition) is 2. The lowest BCUT2D eigenvalue weighted by Gasteiger charge is -2.37. The van der Waals surface area contributed by atoms with Gasteiger partial charge in [-0.1, -0.05) is 36.2 Å². The van der Waals surface area contributed by atoms with Crippen LogP contribution < -0.4 is 10.8 Å². The van der Waals surface area contributed by atoms with Crippen molar-refractivity contribution < 1.29 is 23.3 Å². The molecule has 2 aliphatic rings. The average Bonchev–Trinajstić information content (AvgIpc) is 3.13. The zero-order chi connectivity index (χ0) is 26.7. The molecule has 37 heavy (non-hydrogen) atoms. The van der Waals surface area contributed by atoms with Crippen molar-refractivity contribution in [3.05, 3.63) is 66.0 Å². The van der Waals surface area contributed by atoms with Crippen molar-refractivity contribution in [2.75, 3.05) is 5.32 Å². The fraction of sp³-hybridized carbons (Fsp3) is 0.429. The molecule has 3 aromatic rings. The van der Waals surface area contributed by atoms with Gasteiger partial charge in [0.25, 0.3) is 0 Å². The van der Waals surface area contributed by atoms with Crippen molar-refractivity contribution in [3.63, 3.8) is 0 Å². The van der Waals surface area contributed by atoms with Gasteiger partial charge in [0.1, 0.15) is 0 Å². The van der Waals surface area contributed by atoms with Crippen molar-refractivity contribution in [1.29, 1.82) is 0 Å². The Morgan fingerprint density at radius 1 is 1.19 bits per heavy atom. The van der Waals surface area contributed by atoms with Gasteiger partial charge in [0.15, 0.2) is 11.6 Å². The highest BCUT2D eigenvalue weighted by Gasteiger charge is 2.53. The minimum absolute atomic E-state index is 0.0255. The van der Waals surface area contributed by atoms with Gasteiger partial charge in [-0.2, -0.15) is 0 Å². The fourth-order valence-electron chi connectivity index (χ4n) is 5.09. The van der Waals surface area contributed by atoms with E-state index in [0.717, 1.165) is 23.6 Å². The second kappa shape index (κ2) is 9.06. The Balaban J connectivity index is 1.18. The number of aromatic nitrogens is 2. The third-order valence-electron chi connectivity index (χ3n) is 8.24. The molecule has 2 N–H and O–H groups in total. The molecule has 9 heteroatoms. The van der Waals surface area contributed by atoms with Crippen LogP contribution in [0.2, 0.25) is 0 Å². The van der Waals surface area contributed by atoms with E-state index in [1.54, 1.807) is 20.2 Å². The van der Waals surface area contributed by atoms with Crippen LogP contribution in [0.25, 0.3) is 11.0 Å². The second-order valence-corrected chi connectivity index (χ2v) is 11.3. The largest absolute Gasteiger partial charge is 0.427 e. The van der Waals surface area contributed by atoms with Crippen LogP contribution in [0, 0.1) is 29.4 Å². The summed E-state index contributed by atoms with van der Waals surface area (Å²) >= 11 is 0. The van der Waals surface area contributed by atoms with Crippen LogP contribution in [0.1, 0.15) is 47.1 Å². The minimum atomic E-state index is -0.975. The first-order valence-electron chi connectivity index (χ1n) is 12.6. The number of benzene rings is 2. The van der Waals surface area contributed by atoms with E-state index >= 15 is 0 Å². The van der Waals surface area contributed by atoms with Gasteiger partial charge >= 0.3 is 7.48 Å². The molecule has 1 heterocycles. The Morgan fingerprint density at radius 3 is 2.49 bits per heavy atom. The number of carbonyl (C=O) groups excluding carboxylic acids is 1. The quantitative estimate of drug-likeness (QED) is 0.353. The van der Waals surface area contributed by atoms with Crippen LogP contribution in [0.4, 0.5) is 14.5 Å². The molecule has 194 valence electrons. The average molecular weight is 507 g/mol. The number of aliphatic hydroxyl groups is 1. The molecule has 0 spiro atoms. The third kappa shape index (κ3) is 4.82. The van der Waals surface area contributed by atoms with E-state index < -0.39 is 22.8 Å². The number of nitrogens with zero attached hydrogens (tertiary/aromatic N) is 2. The van der Waals surface area contributed by atoms with Gasteiger partial charge in [0, 0.05) is 23.7 Å². The molecule has 4 atom stereocenters. The van der Waals surface area contributed by atoms with Gasteiger partial charge in [0.05, 0.1) is 34.6 Å². The number of imidazole rings is 1. The molecule has 0 aliphatic heterocycles. The summed E-state index contributed by atoms with van der Waals surface area (Å²) in [5.41, 5.74) is 2.24. The van der Waals surface area contributed by atoms with E-state index in [9.17, 15) is 18.7 Å². The fourth-order valence-corrected chi connectivity index (χ4v) is 5.09. The highest BCUT2D eigenvalue weighted by atomic mass is 19.2. The van der Waals surface area contributed by atoms with E-state index in [1.807, 2.05) is 49.6 Å². The third-order valence-corrected chi connectivity index (χ3v) is 8.24. The first-order valence-corrected chi connectivity index (χ1v) is 12.6. The summed E-state index contributed by atoms with van der Waals surface area (Å²) in [6, 6.07) is 9.87. The summed E-state index contributed by atoms with van der Waals surface area (Å²) < 4.78 is 35.1. The predicted octanol–water partition coefficient (Wildman–Crippen LogP) is 4.25. The smallest absolute Gasteiger partial charge is 0.309 e. The number of anilines is 1. The van der Waals surface area contributed by atoms with Crippen molar-refractivity contribution >= 4 is 35.6 Å². The van der Waals surface area contributed by atoms with Gasteiger partial charge in [-0.15, -0.1) is 0 Å². The number of allylic oxidation sites excluding steroid dienone is 2. The molecule has 2 aliphatic carbocycles. The van der Waals surface area contributed by atoms with Crippen LogP contribution >= 0.6 is 0 Å². The molecule has 1 fully saturated rings. The Labute approximate surface area is 216 Å². The zero-order valence-corrected chi connectivity index (χ0v) is 21.8. The first kappa shape index (κ1) is 25.6. The molecule has 1 amide bonds. The molecule has 1 saturated carbocycles. The molecule has 0 saturated heterocycles. The highest BCUT2D eigenvalue weighted by Crippen LogP contribution is 2.60. The SMILES string of the molecule is C[C@H](C(=O)Nc1ccc(BOC(C)(C)C(C)(C)O)cc1)[C@H]1C2=C[C@@H](n3cnc4cc(F)c(F)cc43)C[C@@H]21. The Bertz CT molecular complexity index is 1380. The lowest BCUT2D eigenvalue weighted by atomic mass is 9.82. The van der Waals surface area contributed by atoms with Crippen molar-refractivity contribution in [2.45, 2.75) is 58.3 Å². The summed E-state index contributed by atoms with van der Waals surface area (Å²) in [5, 5.41) is 13.3. The Kier molecular flexibility index (Phi) is 6.27. The minimum Gasteiger partial charge on any atom is -0.427 e. The molecular formula is C28H32BF2N3O3. The number of rotatable bonds is 8. The predicted molar refractivity (Wildman–Crippen MR) is 141 cm³/mol. The maximum absolute atomic E-state index is 13.8. The highest BCUT2D eigenvalue weighted by molar-refractivity contribution is 6.47. The van der Waals surface area contributed by atoms with Crippen LogP contribution in [-0.4, -0.2) is 39.2 Å². The van der Waals surface area contributed by atoms with Crippen LogP contribution in [0.5, 0.6) is 0 Å². The lowest BCUT2D eigenvalue weighted by molar-refractivity contribution is -0.120. The topological polar surface area (TPSA) is 76.4 Å². The van der Waals surface area contributed by atoms with Gasteiger partial charge in [-0.05, 0) is 58.1 Å². The van der Waals surface area contributed by atoms with Gasteiger partial charge in [0.2, 0.25) is 5.91 Å². The standard InChI is InChI=1S/C28H32BF2N3O3/c1-15(26(35)33-17-8-6-16(7-9-17)29-37-28(4,5)27(2,3)36)25-19-10-18(11-20(19)25)34-14-32-23-12-21(30)22(31)13-24(23)34/h6-10,12-15,18,20,25,29,36H,11H2,1-5H3,(H,33,35)/t15-,18+,20-,25-/m0/s1. The van der Waals surface area contributed by atoms with E-state index in [2.05, 4.69) is 16.4 Å². The summed E-state index contributed by atoms with van der Waals surface area (Å²) in [6.07, 6.45) is 4.59. The van der Waals surface area contributed by atoms with Crippen LogP contribution in [0.3, 0.4) is 0 Å². The number of hydrogen-bond acceptors (Lipinski definition) is 4. The number of carbonyl (C=O) groups is 1. The summed E-state index contributed by atoms with van der Waals surface area (Å²) in [5.74, 6) is -1.49. The summed E-state index contributed by atoms with van der Waals surface area (Å²) in [7, 11) is 0.356. The Hall–Kier alpha value is -3.04. The van der Waals surface area contributed by atoms with E-state index in [0.29, 0.717) is 24.4 Å². The number of fused-ring (bicyclic) bond motifs is 2. The monoisotopic (exact) mass is 507 g/mol. The van der Waals surface area contributed by atoms with E-state index in [-0.39, 0.29) is 23.8 Å². The molecule has 2 aromatic carbocycles. The number of halogens is 2. The molecule has 6 nitrogen and oxygen atoms in total. The first-order chi connectivity index (χ1) is 17.4. The molecule has 1 aromatic heterocycles. The van der Waals surface area contributed by atoms with Crippen molar-refractivity contribution in [2.24, 2.45) is 17.8 Å².